The third kappa shape index (κ3) is 1.76. The third-order valence-corrected chi connectivity index (χ3v) is 2.57. The average molecular weight is 215 g/mol. The van der Waals surface area contributed by atoms with Gasteiger partial charge in [0.15, 0.2) is 0 Å². The van der Waals surface area contributed by atoms with Crippen LogP contribution in [0.25, 0.3) is 10.9 Å². The van der Waals surface area contributed by atoms with Crippen LogP contribution in [0.2, 0.25) is 0 Å². The van der Waals surface area contributed by atoms with Gasteiger partial charge >= 0.3 is 5.97 Å². The second-order valence-electron chi connectivity index (χ2n) is 3.81. The van der Waals surface area contributed by atoms with Gasteiger partial charge in [0.05, 0.1) is 23.9 Å². The molecule has 0 bridgehead atoms. The summed E-state index contributed by atoms with van der Waals surface area (Å²) >= 11 is 0. The van der Waals surface area contributed by atoms with Gasteiger partial charge in [-0.15, -0.1) is 0 Å². The highest BCUT2D eigenvalue weighted by Gasteiger charge is 2.11. The molecule has 0 atom stereocenters. The molecule has 2 aromatic rings. The first-order chi connectivity index (χ1) is 7.61. The number of aromatic nitrogens is 1. The molecule has 0 unspecified atom stereocenters. The van der Waals surface area contributed by atoms with E-state index in [0.29, 0.717) is 11.3 Å². The third-order valence-electron chi connectivity index (χ3n) is 2.57. The van der Waals surface area contributed by atoms with Gasteiger partial charge in [0, 0.05) is 5.39 Å². The summed E-state index contributed by atoms with van der Waals surface area (Å²) in [7, 11) is 1.38. The van der Waals surface area contributed by atoms with E-state index in [2.05, 4.69) is 4.98 Å². The zero-order chi connectivity index (χ0) is 11.7. The lowest BCUT2D eigenvalue weighted by atomic mass is 10.1. The quantitative estimate of drug-likeness (QED) is 0.686. The molecule has 1 heterocycles. The summed E-state index contributed by atoms with van der Waals surface area (Å²) in [5.41, 5.74) is 3.27. The molecule has 16 heavy (non-hydrogen) atoms. The van der Waals surface area contributed by atoms with Crippen LogP contribution in [0, 0.1) is 13.8 Å². The summed E-state index contributed by atoms with van der Waals surface area (Å²) in [5.74, 6) is -0.339. The van der Waals surface area contributed by atoms with E-state index >= 15 is 0 Å². The molecule has 0 saturated heterocycles. The Labute approximate surface area is 94.1 Å². The fraction of sp³-hybridized carbons (Fsp3) is 0.231. The van der Waals surface area contributed by atoms with E-state index in [1.807, 2.05) is 38.1 Å². The lowest BCUT2D eigenvalue weighted by Crippen LogP contribution is -2.05. The molecule has 1 aromatic carbocycles. The zero-order valence-electron chi connectivity index (χ0n) is 9.57. The number of aryl methyl sites for hydroxylation is 2. The Morgan fingerprint density at radius 2 is 2.00 bits per heavy atom. The number of carbonyl (C=O) groups excluding carboxylic acids is 1. The van der Waals surface area contributed by atoms with Crippen molar-refractivity contribution in [3.05, 3.63) is 41.1 Å². The zero-order valence-corrected chi connectivity index (χ0v) is 9.57. The van der Waals surface area contributed by atoms with Crippen LogP contribution in [0.3, 0.4) is 0 Å². The minimum atomic E-state index is -0.339. The average Bonchev–Trinajstić information content (AvgIpc) is 2.28. The van der Waals surface area contributed by atoms with Crippen molar-refractivity contribution >= 4 is 16.9 Å². The molecule has 1 aromatic heterocycles. The molecule has 0 aliphatic carbocycles. The van der Waals surface area contributed by atoms with Crippen LogP contribution in [0.1, 0.15) is 21.6 Å². The molecule has 0 aliphatic heterocycles. The molecule has 0 saturated carbocycles. The molecule has 0 N–H and O–H groups in total. The molecule has 3 heteroatoms. The number of benzene rings is 1. The van der Waals surface area contributed by atoms with Crippen LogP contribution in [-0.2, 0) is 4.74 Å². The fourth-order valence-corrected chi connectivity index (χ4v) is 1.71. The summed E-state index contributed by atoms with van der Waals surface area (Å²) in [5, 5.41) is 0.964. The van der Waals surface area contributed by atoms with Gasteiger partial charge in [0.25, 0.3) is 0 Å². The highest BCUT2D eigenvalue weighted by Crippen LogP contribution is 2.18. The summed E-state index contributed by atoms with van der Waals surface area (Å²) in [4.78, 5) is 15.9. The smallest absolute Gasteiger partial charge is 0.339 e. The van der Waals surface area contributed by atoms with Crippen LogP contribution in [-0.4, -0.2) is 18.1 Å². The molecule has 82 valence electrons. The minimum Gasteiger partial charge on any atom is -0.465 e. The van der Waals surface area contributed by atoms with Gasteiger partial charge in [0.2, 0.25) is 0 Å². The van der Waals surface area contributed by atoms with E-state index in [4.69, 9.17) is 4.74 Å². The van der Waals surface area contributed by atoms with Crippen molar-refractivity contribution in [3.63, 3.8) is 0 Å². The predicted octanol–water partition coefficient (Wildman–Crippen LogP) is 2.64. The number of esters is 1. The Kier molecular flexibility index (Phi) is 2.60. The maximum Gasteiger partial charge on any atom is 0.339 e. The van der Waals surface area contributed by atoms with Gasteiger partial charge in [0.1, 0.15) is 0 Å². The van der Waals surface area contributed by atoms with E-state index in [0.717, 1.165) is 16.5 Å². The number of hydrogen-bond acceptors (Lipinski definition) is 3. The molecule has 0 aliphatic rings. The maximum atomic E-state index is 11.5. The molecule has 0 radical (unpaired) electrons. The van der Waals surface area contributed by atoms with Gasteiger partial charge < -0.3 is 4.74 Å². The van der Waals surface area contributed by atoms with E-state index in [1.54, 1.807) is 0 Å². The number of carbonyl (C=O) groups is 1. The van der Waals surface area contributed by atoms with E-state index in [-0.39, 0.29) is 5.97 Å². The molecule has 0 spiro atoms. The highest BCUT2D eigenvalue weighted by molar-refractivity contribution is 5.95. The van der Waals surface area contributed by atoms with Crippen molar-refractivity contribution in [3.8, 4) is 0 Å². The standard InChI is InChI=1S/C13H13NO2/c1-8-4-5-12-10(6-8)7-11(9(2)14-12)13(15)16-3/h4-7H,1-3H3. The largest absolute Gasteiger partial charge is 0.465 e. The molecule has 2 rings (SSSR count). The highest BCUT2D eigenvalue weighted by atomic mass is 16.5. The number of rotatable bonds is 1. The Morgan fingerprint density at radius 3 is 2.69 bits per heavy atom. The second-order valence-corrected chi connectivity index (χ2v) is 3.81. The van der Waals surface area contributed by atoms with Crippen molar-refractivity contribution in [1.82, 2.24) is 4.98 Å². The lowest BCUT2D eigenvalue weighted by Gasteiger charge is -2.06. The van der Waals surface area contributed by atoms with E-state index < -0.39 is 0 Å². The van der Waals surface area contributed by atoms with Gasteiger partial charge in [-0.2, -0.15) is 0 Å². The number of ether oxygens (including phenoxy) is 1. The Bertz CT molecular complexity index is 561. The van der Waals surface area contributed by atoms with E-state index in [9.17, 15) is 4.79 Å². The molecule has 0 fully saturated rings. The van der Waals surface area contributed by atoms with Crippen molar-refractivity contribution in [2.24, 2.45) is 0 Å². The number of fused-ring (bicyclic) bond motifs is 1. The molecular formula is C13H13NO2. The second kappa shape index (κ2) is 3.93. The number of pyridine rings is 1. The maximum absolute atomic E-state index is 11.5. The summed E-state index contributed by atoms with van der Waals surface area (Å²) in [6.07, 6.45) is 0. The number of methoxy groups -OCH3 is 1. The van der Waals surface area contributed by atoms with Gasteiger partial charge in [-0.1, -0.05) is 11.6 Å². The Balaban J connectivity index is 2.68. The fourth-order valence-electron chi connectivity index (χ4n) is 1.71. The van der Waals surface area contributed by atoms with Crippen LogP contribution in [0.15, 0.2) is 24.3 Å². The molecule has 0 amide bonds. The number of nitrogens with zero attached hydrogens (tertiary/aromatic N) is 1. The SMILES string of the molecule is COC(=O)c1cc2cc(C)ccc2nc1C. The van der Waals surface area contributed by atoms with E-state index in [1.165, 1.54) is 7.11 Å². The van der Waals surface area contributed by atoms with Crippen molar-refractivity contribution < 1.29 is 9.53 Å². The monoisotopic (exact) mass is 215 g/mol. The predicted molar refractivity (Wildman–Crippen MR) is 62.6 cm³/mol. The lowest BCUT2D eigenvalue weighted by molar-refractivity contribution is 0.0599. The normalized spacial score (nSPS) is 10.4. The summed E-state index contributed by atoms with van der Waals surface area (Å²) in [6.45, 7) is 3.82. The minimum absolute atomic E-state index is 0.339. The topological polar surface area (TPSA) is 39.2 Å². The molecule has 3 nitrogen and oxygen atoms in total. The van der Waals surface area contributed by atoms with Crippen molar-refractivity contribution in [2.75, 3.05) is 7.11 Å². The first-order valence-electron chi connectivity index (χ1n) is 5.08. The van der Waals surface area contributed by atoms with Gasteiger partial charge in [-0.05, 0) is 32.0 Å². The first kappa shape index (κ1) is 10.6. The Morgan fingerprint density at radius 1 is 1.25 bits per heavy atom. The van der Waals surface area contributed by atoms with Crippen LogP contribution >= 0.6 is 0 Å². The number of hydrogen-bond donors (Lipinski definition) is 0. The summed E-state index contributed by atoms with van der Waals surface area (Å²) < 4.78 is 4.72. The van der Waals surface area contributed by atoms with Crippen molar-refractivity contribution in [1.29, 1.82) is 0 Å². The Hall–Kier alpha value is -1.90. The molecular weight excluding hydrogens is 202 g/mol. The van der Waals surface area contributed by atoms with Gasteiger partial charge in [-0.3, -0.25) is 4.98 Å². The first-order valence-corrected chi connectivity index (χ1v) is 5.08. The van der Waals surface area contributed by atoms with Crippen LogP contribution < -0.4 is 0 Å². The summed E-state index contributed by atoms with van der Waals surface area (Å²) in [6, 6.07) is 7.80. The van der Waals surface area contributed by atoms with Gasteiger partial charge in [-0.25, -0.2) is 4.79 Å². The van der Waals surface area contributed by atoms with Crippen LogP contribution in [0.4, 0.5) is 0 Å². The van der Waals surface area contributed by atoms with Crippen LogP contribution in [0.5, 0.6) is 0 Å². The van der Waals surface area contributed by atoms with Crippen molar-refractivity contribution in [2.45, 2.75) is 13.8 Å².